The molecule has 6 heteroatoms. The Morgan fingerprint density at radius 1 is 1.35 bits per heavy atom. The molecule has 3 rings (SSSR count). The van der Waals surface area contributed by atoms with Gasteiger partial charge >= 0.3 is 0 Å². The topological polar surface area (TPSA) is 89.1 Å². The first kappa shape index (κ1) is 13.1. The minimum atomic E-state index is 0.173. The van der Waals surface area contributed by atoms with Gasteiger partial charge in [0.05, 0.1) is 0 Å². The van der Waals surface area contributed by atoms with Gasteiger partial charge in [0.25, 0.3) is 0 Å². The fraction of sp³-hybridized carbons (Fsp3) is 0.500. The monoisotopic (exact) mass is 277 g/mol. The summed E-state index contributed by atoms with van der Waals surface area (Å²) in [4.78, 5) is 0. The molecule has 0 amide bonds. The lowest BCUT2D eigenvalue weighted by molar-refractivity contribution is 0.174. The Morgan fingerprint density at radius 3 is 2.90 bits per heavy atom. The molecule has 4 N–H and O–H groups in total. The number of hydrogen-bond donors (Lipinski definition) is 3. The number of nitrogens with zero attached hydrogens (tertiary/aromatic N) is 1. The normalized spacial score (nSPS) is 19.1. The summed E-state index contributed by atoms with van der Waals surface area (Å²) in [6, 6.07) is 5.96. The van der Waals surface area contributed by atoms with Crippen LogP contribution in [0.4, 0.5) is 0 Å². The van der Waals surface area contributed by atoms with Gasteiger partial charge in [-0.05, 0) is 36.0 Å². The van der Waals surface area contributed by atoms with Gasteiger partial charge in [0.2, 0.25) is 6.79 Å². The molecule has 108 valence electrons. The van der Waals surface area contributed by atoms with Crippen molar-refractivity contribution in [3.05, 3.63) is 23.8 Å². The number of ether oxygens (including phenoxy) is 2. The number of nitrogens with one attached hydrogen (secondary N) is 1. The van der Waals surface area contributed by atoms with Crippen molar-refractivity contribution >= 4 is 5.84 Å². The molecule has 0 unspecified atom stereocenters. The van der Waals surface area contributed by atoms with Crippen molar-refractivity contribution in [1.29, 1.82) is 0 Å². The molecular weight excluding hydrogens is 258 g/mol. The maximum absolute atomic E-state index is 8.64. The number of oxime groups is 1. The maximum Gasteiger partial charge on any atom is 0.231 e. The minimum absolute atomic E-state index is 0.173. The van der Waals surface area contributed by atoms with E-state index in [0.29, 0.717) is 19.0 Å². The van der Waals surface area contributed by atoms with Crippen LogP contribution < -0.4 is 20.5 Å². The average Bonchev–Trinajstić information content (AvgIpc) is 3.04. The predicted octanol–water partition coefficient (Wildman–Crippen LogP) is 1.42. The van der Waals surface area contributed by atoms with Gasteiger partial charge in [0.1, 0.15) is 5.84 Å². The van der Waals surface area contributed by atoms with Gasteiger partial charge < -0.3 is 25.7 Å². The molecule has 0 saturated heterocycles. The summed E-state index contributed by atoms with van der Waals surface area (Å²) in [7, 11) is 0. The van der Waals surface area contributed by atoms with Crippen LogP contribution in [0.5, 0.6) is 11.5 Å². The van der Waals surface area contributed by atoms with E-state index in [9.17, 15) is 0 Å². The van der Waals surface area contributed by atoms with Gasteiger partial charge in [-0.1, -0.05) is 11.2 Å². The second kappa shape index (κ2) is 5.20. The molecule has 0 atom stereocenters. The average molecular weight is 277 g/mol. The fourth-order valence-corrected chi connectivity index (χ4v) is 2.54. The van der Waals surface area contributed by atoms with Crippen LogP contribution in [-0.4, -0.2) is 24.4 Å². The van der Waals surface area contributed by atoms with Gasteiger partial charge in [-0.15, -0.1) is 0 Å². The van der Waals surface area contributed by atoms with E-state index in [1.54, 1.807) is 0 Å². The molecule has 1 aliphatic carbocycles. The van der Waals surface area contributed by atoms with E-state index in [1.807, 2.05) is 18.2 Å². The Morgan fingerprint density at radius 2 is 2.15 bits per heavy atom. The molecule has 6 nitrogen and oxygen atoms in total. The molecule has 1 heterocycles. The highest BCUT2D eigenvalue weighted by molar-refractivity contribution is 5.80. The van der Waals surface area contributed by atoms with Crippen LogP contribution in [-0.2, 0) is 6.54 Å². The third-order valence-electron chi connectivity index (χ3n) is 3.91. The first-order chi connectivity index (χ1) is 9.71. The van der Waals surface area contributed by atoms with Crippen LogP contribution in [0.15, 0.2) is 23.4 Å². The van der Waals surface area contributed by atoms with Crippen LogP contribution >= 0.6 is 0 Å². The molecule has 1 aromatic carbocycles. The molecule has 0 radical (unpaired) electrons. The van der Waals surface area contributed by atoms with Crippen LogP contribution in [0, 0.1) is 5.41 Å². The van der Waals surface area contributed by atoms with E-state index in [2.05, 4.69) is 10.5 Å². The van der Waals surface area contributed by atoms with E-state index < -0.39 is 0 Å². The Balaban J connectivity index is 1.50. The van der Waals surface area contributed by atoms with Crippen molar-refractivity contribution in [2.75, 3.05) is 13.3 Å². The molecule has 1 aromatic rings. The standard InChI is InChI=1S/C14H19N3O3/c15-13(17-18)6-14(3-4-14)8-16-7-10-1-2-11-12(5-10)20-9-19-11/h1-2,5,16,18H,3-4,6-9H2,(H2,15,17). The van der Waals surface area contributed by atoms with E-state index in [1.165, 1.54) is 0 Å². The summed E-state index contributed by atoms with van der Waals surface area (Å²) in [5, 5.41) is 15.1. The second-order valence-corrected chi connectivity index (χ2v) is 5.56. The number of amidine groups is 1. The second-order valence-electron chi connectivity index (χ2n) is 5.56. The largest absolute Gasteiger partial charge is 0.454 e. The first-order valence-corrected chi connectivity index (χ1v) is 6.76. The van der Waals surface area contributed by atoms with Gasteiger partial charge in [0.15, 0.2) is 11.5 Å². The van der Waals surface area contributed by atoms with Crippen LogP contribution in [0.25, 0.3) is 0 Å². The number of benzene rings is 1. The van der Waals surface area contributed by atoms with Gasteiger partial charge in [0, 0.05) is 19.5 Å². The highest BCUT2D eigenvalue weighted by atomic mass is 16.7. The van der Waals surface area contributed by atoms with Crippen LogP contribution in [0.3, 0.4) is 0 Å². The zero-order valence-corrected chi connectivity index (χ0v) is 11.3. The van der Waals surface area contributed by atoms with E-state index >= 15 is 0 Å². The smallest absolute Gasteiger partial charge is 0.231 e. The molecule has 20 heavy (non-hydrogen) atoms. The minimum Gasteiger partial charge on any atom is -0.454 e. The zero-order chi connectivity index (χ0) is 14.0. The van der Waals surface area contributed by atoms with Crippen molar-refractivity contribution in [1.82, 2.24) is 5.32 Å². The summed E-state index contributed by atoms with van der Waals surface area (Å²) >= 11 is 0. The van der Waals surface area contributed by atoms with E-state index in [0.717, 1.165) is 43.0 Å². The van der Waals surface area contributed by atoms with Crippen molar-refractivity contribution in [3.63, 3.8) is 0 Å². The predicted molar refractivity (Wildman–Crippen MR) is 74.0 cm³/mol. The summed E-state index contributed by atoms with van der Waals surface area (Å²) in [5.74, 6) is 1.92. The summed E-state index contributed by atoms with van der Waals surface area (Å²) in [5.41, 5.74) is 6.92. The van der Waals surface area contributed by atoms with Crippen LogP contribution in [0.1, 0.15) is 24.8 Å². The molecule has 0 spiro atoms. The quantitative estimate of drug-likeness (QED) is 0.317. The number of fused-ring (bicyclic) bond motifs is 1. The molecule has 1 saturated carbocycles. The highest BCUT2D eigenvalue weighted by Gasteiger charge is 2.42. The molecule has 1 aliphatic heterocycles. The van der Waals surface area contributed by atoms with Crippen molar-refractivity contribution in [3.8, 4) is 11.5 Å². The van der Waals surface area contributed by atoms with Crippen molar-refractivity contribution in [2.24, 2.45) is 16.3 Å². The fourth-order valence-electron chi connectivity index (χ4n) is 2.54. The lowest BCUT2D eigenvalue weighted by Crippen LogP contribution is -2.28. The molecule has 0 aromatic heterocycles. The Hall–Kier alpha value is -1.95. The maximum atomic E-state index is 8.64. The SMILES string of the molecule is NC(CC1(CNCc2ccc3c(c2)OCO3)CC1)=NO. The third kappa shape index (κ3) is 2.80. The van der Waals surface area contributed by atoms with Gasteiger partial charge in [-0.2, -0.15) is 0 Å². The lowest BCUT2D eigenvalue weighted by Gasteiger charge is -2.15. The number of hydrogen-bond acceptors (Lipinski definition) is 5. The molecule has 1 fully saturated rings. The van der Waals surface area contributed by atoms with Crippen molar-refractivity contribution in [2.45, 2.75) is 25.8 Å². The van der Waals surface area contributed by atoms with Gasteiger partial charge in [-0.25, -0.2) is 0 Å². The zero-order valence-electron chi connectivity index (χ0n) is 11.3. The summed E-state index contributed by atoms with van der Waals surface area (Å²) < 4.78 is 10.6. The molecule has 2 aliphatic rings. The van der Waals surface area contributed by atoms with Crippen LogP contribution in [0.2, 0.25) is 0 Å². The third-order valence-corrected chi connectivity index (χ3v) is 3.91. The lowest BCUT2D eigenvalue weighted by atomic mass is 10.0. The Bertz CT molecular complexity index is 526. The summed E-state index contributed by atoms with van der Waals surface area (Å²) in [6.45, 7) is 1.95. The van der Waals surface area contributed by atoms with Crippen molar-refractivity contribution < 1.29 is 14.7 Å². The number of rotatable bonds is 6. The summed E-state index contributed by atoms with van der Waals surface area (Å²) in [6.07, 6.45) is 2.90. The number of nitrogens with two attached hydrogens (primary N) is 1. The Labute approximate surface area is 117 Å². The highest BCUT2D eigenvalue weighted by Crippen LogP contribution is 2.48. The van der Waals surface area contributed by atoms with E-state index in [-0.39, 0.29) is 5.41 Å². The van der Waals surface area contributed by atoms with E-state index in [4.69, 9.17) is 20.4 Å². The Kier molecular flexibility index (Phi) is 3.40. The molecule has 0 bridgehead atoms. The molecular formula is C14H19N3O3. The first-order valence-electron chi connectivity index (χ1n) is 6.76. The van der Waals surface area contributed by atoms with Gasteiger partial charge in [-0.3, -0.25) is 0 Å².